The summed E-state index contributed by atoms with van der Waals surface area (Å²) in [5, 5.41) is 3.95. The summed E-state index contributed by atoms with van der Waals surface area (Å²) < 4.78 is 41.0. The quantitative estimate of drug-likeness (QED) is 0.748. The Morgan fingerprint density at radius 3 is 2.12 bits per heavy atom. The molecule has 0 radical (unpaired) electrons. The molecule has 0 fully saturated rings. The van der Waals surface area contributed by atoms with Crippen LogP contribution in [0.4, 0.5) is 13.2 Å². The van der Waals surface area contributed by atoms with Crippen LogP contribution in [0.15, 0.2) is 60.7 Å². The second-order valence-corrected chi connectivity index (χ2v) is 5.39. The topological polar surface area (TPSA) is 72.2 Å². The van der Waals surface area contributed by atoms with E-state index in [1.165, 1.54) is 36.4 Å². The van der Waals surface area contributed by atoms with Crippen LogP contribution in [0.3, 0.4) is 0 Å². The maximum atomic E-state index is 13.7. The van der Waals surface area contributed by atoms with Crippen molar-refractivity contribution in [2.45, 2.75) is 11.8 Å². The molecule has 128 valence electrons. The lowest BCUT2D eigenvalue weighted by molar-refractivity contribution is -0.580. The Balaban J connectivity index is 2.01. The molecule has 1 aliphatic rings. The van der Waals surface area contributed by atoms with Crippen molar-refractivity contribution in [2.24, 2.45) is 0 Å². The Labute approximate surface area is 140 Å². The van der Waals surface area contributed by atoms with Crippen molar-refractivity contribution in [3.8, 4) is 0 Å². The van der Waals surface area contributed by atoms with Crippen LogP contribution < -0.4 is 15.6 Å². The van der Waals surface area contributed by atoms with Crippen molar-refractivity contribution in [1.82, 2.24) is 10.6 Å². The maximum absolute atomic E-state index is 13.7. The molecule has 1 heterocycles. The van der Waals surface area contributed by atoms with Gasteiger partial charge in [0, 0.05) is 5.56 Å². The van der Waals surface area contributed by atoms with Gasteiger partial charge in [0.25, 0.3) is 11.7 Å². The molecule has 25 heavy (non-hydrogen) atoms. The molecule has 0 spiro atoms. The van der Waals surface area contributed by atoms with Crippen LogP contribution in [0.5, 0.6) is 0 Å². The molecule has 0 unspecified atom stereocenters. The van der Waals surface area contributed by atoms with Crippen molar-refractivity contribution in [3.63, 3.8) is 0 Å². The molecule has 0 saturated heterocycles. The zero-order valence-electron chi connectivity index (χ0n) is 12.7. The Morgan fingerprint density at radius 1 is 1.00 bits per heavy atom. The van der Waals surface area contributed by atoms with E-state index >= 15 is 0 Å². The van der Waals surface area contributed by atoms with E-state index in [0.29, 0.717) is 5.56 Å². The third-order valence-corrected chi connectivity index (χ3v) is 3.72. The molecule has 0 aromatic heterocycles. The van der Waals surface area contributed by atoms with Gasteiger partial charge in [0.05, 0.1) is 5.56 Å². The minimum absolute atomic E-state index is 0.00823. The average molecular weight is 348 g/mol. The SMILES string of the molecule is O=C(N[C@]1(C(F)(F)F)[NH+]=C(c2ccccc2)NC1=O)c1ccccc1. The largest absolute Gasteiger partial charge is 0.465 e. The standard InChI is InChI=1S/C17H12F3N3O2/c18-17(19,20)16(23-14(24)12-9-5-2-6-10-12)15(25)21-13(22-16)11-7-3-1-4-8-11/h1-10H,(H,23,24)(H,21,22,25)/p+1/t16-/m1/s1. The molecular formula is C17H13F3N3O2+. The molecule has 8 heteroatoms. The van der Waals surface area contributed by atoms with Crippen molar-refractivity contribution >= 4 is 17.6 Å². The molecule has 5 nitrogen and oxygen atoms in total. The molecule has 1 aliphatic heterocycles. The molecule has 0 bridgehead atoms. The molecule has 1 atom stereocenters. The Morgan fingerprint density at radius 2 is 1.56 bits per heavy atom. The molecule has 3 N–H and O–H groups in total. The number of benzene rings is 2. The number of hydrogen-bond acceptors (Lipinski definition) is 2. The first kappa shape index (κ1) is 16.7. The predicted molar refractivity (Wildman–Crippen MR) is 82.4 cm³/mol. The fraction of sp³-hybridized carbons (Fsp3) is 0.118. The van der Waals surface area contributed by atoms with Gasteiger partial charge in [0.1, 0.15) is 0 Å². The summed E-state index contributed by atoms with van der Waals surface area (Å²) in [5.41, 5.74) is -2.88. The summed E-state index contributed by atoms with van der Waals surface area (Å²) in [6.07, 6.45) is -5.06. The Bertz CT molecular complexity index is 835. The minimum Gasteiger partial charge on any atom is -0.293 e. The van der Waals surface area contributed by atoms with Gasteiger partial charge in [-0.3, -0.25) is 10.1 Å². The smallest absolute Gasteiger partial charge is 0.293 e. The van der Waals surface area contributed by atoms with E-state index < -0.39 is 23.7 Å². The zero-order chi connectivity index (χ0) is 18.1. The number of hydrogen-bond donors (Lipinski definition) is 3. The second-order valence-electron chi connectivity index (χ2n) is 5.39. The number of amides is 2. The van der Waals surface area contributed by atoms with E-state index in [2.05, 4.69) is 10.3 Å². The highest BCUT2D eigenvalue weighted by atomic mass is 19.4. The molecule has 2 aromatic rings. The summed E-state index contributed by atoms with van der Waals surface area (Å²) in [6, 6.07) is 15.4. The van der Waals surface area contributed by atoms with Gasteiger partial charge in [0.15, 0.2) is 0 Å². The first-order chi connectivity index (χ1) is 11.8. The second kappa shape index (κ2) is 6.04. The summed E-state index contributed by atoms with van der Waals surface area (Å²) in [4.78, 5) is 26.5. The van der Waals surface area contributed by atoms with Crippen LogP contribution in [-0.2, 0) is 4.79 Å². The molecule has 0 saturated carbocycles. The van der Waals surface area contributed by atoms with Crippen molar-refractivity contribution < 1.29 is 27.8 Å². The van der Waals surface area contributed by atoms with Gasteiger partial charge in [-0.15, -0.1) is 0 Å². The van der Waals surface area contributed by atoms with Gasteiger partial charge < -0.3 is 0 Å². The van der Waals surface area contributed by atoms with Gasteiger partial charge in [-0.25, -0.2) is 15.1 Å². The lowest BCUT2D eigenvalue weighted by Gasteiger charge is -2.23. The first-order valence-corrected chi connectivity index (χ1v) is 7.30. The van der Waals surface area contributed by atoms with Gasteiger partial charge in [-0.2, -0.15) is 13.2 Å². The third-order valence-electron chi connectivity index (χ3n) is 3.72. The van der Waals surface area contributed by atoms with E-state index in [9.17, 15) is 22.8 Å². The fourth-order valence-corrected chi connectivity index (χ4v) is 2.42. The Kier molecular flexibility index (Phi) is 4.03. The Hall–Kier alpha value is -3.16. The number of rotatable bonds is 3. The maximum Gasteiger partial charge on any atom is 0.465 e. The van der Waals surface area contributed by atoms with Gasteiger partial charge in [-0.1, -0.05) is 36.4 Å². The van der Waals surface area contributed by atoms with Gasteiger partial charge in [0.2, 0.25) is 0 Å². The molecule has 0 aliphatic carbocycles. The van der Waals surface area contributed by atoms with Crippen LogP contribution in [0.2, 0.25) is 0 Å². The predicted octanol–water partition coefficient (Wildman–Crippen LogP) is 0.332. The van der Waals surface area contributed by atoms with Crippen molar-refractivity contribution in [3.05, 3.63) is 71.8 Å². The van der Waals surface area contributed by atoms with Crippen LogP contribution in [0, 0.1) is 0 Å². The minimum atomic E-state index is -5.06. The monoisotopic (exact) mass is 348 g/mol. The van der Waals surface area contributed by atoms with E-state index in [1.807, 2.05) is 0 Å². The van der Waals surface area contributed by atoms with E-state index in [1.54, 1.807) is 29.6 Å². The number of amidine groups is 1. The summed E-state index contributed by atoms with van der Waals surface area (Å²) in [6.45, 7) is 0. The highest BCUT2D eigenvalue weighted by molar-refractivity contribution is 6.11. The number of nitrogens with one attached hydrogen (secondary N) is 3. The molecule has 2 amide bonds. The number of carbonyl (C=O) groups excluding carboxylic acids is 2. The lowest BCUT2D eigenvalue weighted by atomic mass is 10.1. The van der Waals surface area contributed by atoms with Crippen molar-refractivity contribution in [2.75, 3.05) is 0 Å². The van der Waals surface area contributed by atoms with Crippen LogP contribution >= 0.6 is 0 Å². The number of carbonyl (C=O) groups is 2. The molecular weight excluding hydrogens is 335 g/mol. The molecule has 2 aromatic carbocycles. The van der Waals surface area contributed by atoms with Gasteiger partial charge >= 0.3 is 17.7 Å². The average Bonchev–Trinajstić information content (AvgIpc) is 2.94. The summed E-state index contributed by atoms with van der Waals surface area (Å²) >= 11 is 0. The number of alkyl halides is 3. The van der Waals surface area contributed by atoms with Crippen LogP contribution in [0.1, 0.15) is 15.9 Å². The normalized spacial score (nSPS) is 20.0. The third kappa shape index (κ3) is 2.98. The van der Waals surface area contributed by atoms with Crippen LogP contribution in [0.25, 0.3) is 0 Å². The molecule has 3 rings (SSSR count). The fourth-order valence-electron chi connectivity index (χ4n) is 2.42. The van der Waals surface area contributed by atoms with Crippen LogP contribution in [-0.4, -0.2) is 29.5 Å². The highest BCUT2D eigenvalue weighted by Crippen LogP contribution is 2.27. The van der Waals surface area contributed by atoms with Crippen molar-refractivity contribution in [1.29, 1.82) is 0 Å². The zero-order valence-corrected chi connectivity index (χ0v) is 12.7. The van der Waals surface area contributed by atoms with E-state index in [-0.39, 0.29) is 11.4 Å². The van der Waals surface area contributed by atoms with E-state index in [0.717, 1.165) is 0 Å². The highest BCUT2D eigenvalue weighted by Gasteiger charge is 2.70. The van der Waals surface area contributed by atoms with Gasteiger partial charge in [-0.05, 0) is 24.3 Å². The summed E-state index contributed by atoms with van der Waals surface area (Å²) in [5.74, 6) is -2.55. The lowest BCUT2D eigenvalue weighted by Crippen LogP contribution is -2.96. The number of halogens is 3. The van der Waals surface area contributed by atoms with E-state index in [4.69, 9.17) is 0 Å². The summed E-state index contributed by atoms with van der Waals surface area (Å²) in [7, 11) is 0. The first-order valence-electron chi connectivity index (χ1n) is 7.30.